The van der Waals surface area contributed by atoms with Crippen molar-refractivity contribution in [3.8, 4) is 5.69 Å². The van der Waals surface area contributed by atoms with Crippen molar-refractivity contribution in [3.63, 3.8) is 0 Å². The highest BCUT2D eigenvalue weighted by Crippen LogP contribution is 2.26. The van der Waals surface area contributed by atoms with Crippen LogP contribution in [0.3, 0.4) is 0 Å². The third-order valence-electron chi connectivity index (χ3n) is 4.08. The molecule has 2 aromatic carbocycles. The summed E-state index contributed by atoms with van der Waals surface area (Å²) in [6.45, 7) is 5.53. The van der Waals surface area contributed by atoms with Gasteiger partial charge in [-0.3, -0.25) is 14.2 Å². The predicted octanol–water partition coefficient (Wildman–Crippen LogP) is 4.89. The molecule has 0 aliphatic heterocycles. The van der Waals surface area contributed by atoms with Crippen molar-refractivity contribution in [2.45, 2.75) is 25.9 Å². The highest BCUT2D eigenvalue weighted by atomic mass is 35.5. The molecule has 0 amide bonds. The molecule has 0 aliphatic rings. The summed E-state index contributed by atoms with van der Waals surface area (Å²) in [5.41, 5.74) is 0.149. The van der Waals surface area contributed by atoms with Crippen molar-refractivity contribution < 1.29 is 9.18 Å². The van der Waals surface area contributed by atoms with Crippen molar-refractivity contribution in [1.29, 1.82) is 0 Å². The fraction of sp³-hybridized carbons (Fsp3) is 0.250. The molecule has 0 saturated heterocycles. The van der Waals surface area contributed by atoms with Gasteiger partial charge in [-0.1, -0.05) is 56.3 Å². The van der Waals surface area contributed by atoms with E-state index in [0.717, 1.165) is 0 Å². The zero-order valence-electron chi connectivity index (χ0n) is 15.1. The summed E-state index contributed by atoms with van der Waals surface area (Å²) in [7, 11) is 0. The molecule has 0 atom stereocenters. The van der Waals surface area contributed by atoms with Crippen molar-refractivity contribution >= 4 is 40.0 Å². The van der Waals surface area contributed by atoms with Crippen LogP contribution in [0.2, 0.25) is 5.02 Å². The summed E-state index contributed by atoms with van der Waals surface area (Å²) in [6, 6.07) is 11.0. The van der Waals surface area contributed by atoms with Crippen LogP contribution in [0.4, 0.5) is 4.39 Å². The van der Waals surface area contributed by atoms with Crippen LogP contribution in [0.25, 0.3) is 16.6 Å². The predicted molar refractivity (Wildman–Crippen MR) is 107 cm³/mol. The van der Waals surface area contributed by atoms with E-state index in [0.29, 0.717) is 21.7 Å². The lowest BCUT2D eigenvalue weighted by Crippen LogP contribution is -2.25. The molecule has 0 saturated carbocycles. The summed E-state index contributed by atoms with van der Waals surface area (Å²) >= 11 is 7.08. The average Bonchev–Trinajstić information content (AvgIpc) is 2.61. The second-order valence-electron chi connectivity index (χ2n) is 7.11. The molecule has 27 heavy (non-hydrogen) atoms. The molecule has 0 radical (unpaired) electrons. The zero-order chi connectivity index (χ0) is 19.8. The maximum Gasteiger partial charge on any atom is 0.266 e. The number of carbonyl (C=O) groups excluding carboxylic acids is 1. The minimum atomic E-state index is -0.570. The first kappa shape index (κ1) is 19.6. The molecule has 0 fully saturated rings. The van der Waals surface area contributed by atoms with Gasteiger partial charge >= 0.3 is 0 Å². The second-order valence-corrected chi connectivity index (χ2v) is 8.46. The van der Waals surface area contributed by atoms with E-state index in [2.05, 4.69) is 4.98 Å². The van der Waals surface area contributed by atoms with Gasteiger partial charge in [-0.05, 0) is 30.3 Å². The number of thioether (sulfide) groups is 1. The van der Waals surface area contributed by atoms with Gasteiger partial charge in [0.15, 0.2) is 5.16 Å². The van der Waals surface area contributed by atoms with E-state index in [-0.39, 0.29) is 22.1 Å². The zero-order valence-corrected chi connectivity index (χ0v) is 16.7. The lowest BCUT2D eigenvalue weighted by Gasteiger charge is -2.17. The Labute approximate surface area is 165 Å². The van der Waals surface area contributed by atoms with Gasteiger partial charge < -0.3 is 0 Å². The number of Topliss-reactive ketones (excluding diaryl/α,β-unsaturated/α-hetero) is 1. The monoisotopic (exact) mass is 404 g/mol. The Balaban J connectivity index is 2.17. The number of hydrogen-bond donors (Lipinski definition) is 0. The largest absolute Gasteiger partial charge is 0.298 e. The summed E-state index contributed by atoms with van der Waals surface area (Å²) in [5, 5.41) is 0.706. The first-order valence-electron chi connectivity index (χ1n) is 8.32. The quantitative estimate of drug-likeness (QED) is 0.459. The maximum atomic E-state index is 13.6. The van der Waals surface area contributed by atoms with E-state index in [4.69, 9.17) is 11.6 Å². The minimum absolute atomic E-state index is 0.0404. The normalized spacial score (nSPS) is 11.7. The Bertz CT molecular complexity index is 1090. The standard InChI is InChI=1S/C20H18ClFN2O2S/c1-20(2,3)17(25)11-27-19-23-16-7-5-4-6-13(16)18(26)24(19)12-8-9-15(22)14(21)10-12/h4-10H,11H2,1-3H3. The summed E-state index contributed by atoms with van der Waals surface area (Å²) in [4.78, 5) is 30.0. The fourth-order valence-corrected chi connectivity index (χ4v) is 3.76. The number of rotatable bonds is 4. The topological polar surface area (TPSA) is 52.0 Å². The third-order valence-corrected chi connectivity index (χ3v) is 5.30. The smallest absolute Gasteiger partial charge is 0.266 e. The maximum absolute atomic E-state index is 13.6. The molecule has 0 unspecified atom stereocenters. The molecule has 3 rings (SSSR count). The van der Waals surface area contributed by atoms with Crippen LogP contribution < -0.4 is 5.56 Å². The summed E-state index contributed by atoms with van der Waals surface area (Å²) in [6.07, 6.45) is 0. The fourth-order valence-electron chi connectivity index (χ4n) is 2.41. The van der Waals surface area contributed by atoms with Crippen LogP contribution in [0.5, 0.6) is 0 Å². The lowest BCUT2D eigenvalue weighted by molar-refractivity contribution is -0.123. The van der Waals surface area contributed by atoms with Gasteiger partial charge in [-0.25, -0.2) is 9.37 Å². The molecule has 1 aromatic heterocycles. The SMILES string of the molecule is CC(C)(C)C(=O)CSc1nc2ccccc2c(=O)n1-c1ccc(F)c(Cl)c1. The van der Waals surface area contributed by atoms with E-state index < -0.39 is 11.2 Å². The molecule has 0 spiro atoms. The Morgan fingerprint density at radius 2 is 1.93 bits per heavy atom. The molecule has 140 valence electrons. The van der Waals surface area contributed by atoms with Crippen LogP contribution in [0.1, 0.15) is 20.8 Å². The lowest BCUT2D eigenvalue weighted by atomic mass is 9.92. The second kappa shape index (κ2) is 7.44. The molecule has 1 heterocycles. The highest BCUT2D eigenvalue weighted by Gasteiger charge is 2.23. The van der Waals surface area contributed by atoms with E-state index in [1.54, 1.807) is 24.3 Å². The van der Waals surface area contributed by atoms with E-state index in [1.807, 2.05) is 20.8 Å². The van der Waals surface area contributed by atoms with Crippen molar-refractivity contribution in [2.75, 3.05) is 5.75 Å². The van der Waals surface area contributed by atoms with Crippen molar-refractivity contribution in [2.24, 2.45) is 5.41 Å². The number of aromatic nitrogens is 2. The molecule has 3 aromatic rings. The van der Waals surface area contributed by atoms with Crippen LogP contribution in [0.15, 0.2) is 52.4 Å². The van der Waals surface area contributed by atoms with Gasteiger partial charge in [0.2, 0.25) is 0 Å². The summed E-state index contributed by atoms with van der Waals surface area (Å²) < 4.78 is 14.9. The van der Waals surface area contributed by atoms with E-state index >= 15 is 0 Å². The van der Waals surface area contributed by atoms with Crippen LogP contribution >= 0.6 is 23.4 Å². The number of hydrogen-bond acceptors (Lipinski definition) is 4. The van der Waals surface area contributed by atoms with Gasteiger partial charge in [-0.15, -0.1) is 0 Å². The number of carbonyl (C=O) groups is 1. The third kappa shape index (κ3) is 4.06. The van der Waals surface area contributed by atoms with Crippen molar-refractivity contribution in [3.05, 3.63) is 63.7 Å². The molecular formula is C20H18ClFN2O2S. The first-order valence-corrected chi connectivity index (χ1v) is 9.68. The Hall–Kier alpha value is -2.18. The number of ketones is 1. The number of fused-ring (bicyclic) bond motifs is 1. The van der Waals surface area contributed by atoms with Gasteiger partial charge in [0.25, 0.3) is 5.56 Å². The Morgan fingerprint density at radius 3 is 2.59 bits per heavy atom. The molecule has 4 nitrogen and oxygen atoms in total. The molecule has 0 aliphatic carbocycles. The van der Waals surface area contributed by atoms with Gasteiger partial charge in [-0.2, -0.15) is 0 Å². The van der Waals surface area contributed by atoms with E-state index in [1.165, 1.54) is 34.5 Å². The molecule has 0 N–H and O–H groups in total. The number of benzene rings is 2. The first-order chi connectivity index (χ1) is 12.7. The van der Waals surface area contributed by atoms with Crippen LogP contribution in [-0.2, 0) is 4.79 Å². The number of nitrogens with zero attached hydrogens (tertiary/aromatic N) is 2. The molecule has 7 heteroatoms. The Kier molecular flexibility index (Phi) is 5.40. The molecular weight excluding hydrogens is 387 g/mol. The Morgan fingerprint density at radius 1 is 1.22 bits per heavy atom. The molecule has 0 bridgehead atoms. The number of halogens is 2. The van der Waals surface area contributed by atoms with Crippen LogP contribution in [-0.4, -0.2) is 21.1 Å². The number of para-hydroxylation sites is 1. The van der Waals surface area contributed by atoms with E-state index in [9.17, 15) is 14.0 Å². The van der Waals surface area contributed by atoms with Gasteiger partial charge in [0.05, 0.1) is 27.4 Å². The van der Waals surface area contributed by atoms with Gasteiger partial charge in [0, 0.05) is 5.41 Å². The highest BCUT2D eigenvalue weighted by molar-refractivity contribution is 7.99. The minimum Gasteiger partial charge on any atom is -0.298 e. The average molecular weight is 405 g/mol. The summed E-state index contributed by atoms with van der Waals surface area (Å²) in [5.74, 6) is -0.360. The van der Waals surface area contributed by atoms with Gasteiger partial charge in [0.1, 0.15) is 11.6 Å². The van der Waals surface area contributed by atoms with Crippen LogP contribution in [0, 0.1) is 11.2 Å². The van der Waals surface area contributed by atoms with Crippen molar-refractivity contribution in [1.82, 2.24) is 9.55 Å².